The molecule has 1 N–H and O–H groups in total. The molecule has 0 spiro atoms. The Morgan fingerprint density at radius 2 is 0.972 bits per heavy atom. The predicted octanol–water partition coefficient (Wildman–Crippen LogP) is 9.91. The second kappa shape index (κ2) is 32.9. The highest BCUT2D eigenvalue weighted by atomic mass is 16.5. The zero-order valence-electron chi connectivity index (χ0n) is 23.7. The molecule has 0 aromatic rings. The minimum Gasteiger partial charge on any atom is -0.481 e. The molecule has 0 bridgehead atoms. The molecule has 0 rings (SSSR count). The van der Waals surface area contributed by atoms with E-state index in [1.54, 1.807) is 0 Å². The van der Waals surface area contributed by atoms with Gasteiger partial charge in [-0.2, -0.15) is 0 Å². The molecule has 36 heavy (non-hydrogen) atoms. The Kier molecular flexibility index (Phi) is 33.0. The summed E-state index contributed by atoms with van der Waals surface area (Å²) in [6.07, 6.45) is 37.7. The zero-order chi connectivity index (χ0) is 27.0. The molecule has 0 radical (unpaired) electrons. The van der Waals surface area contributed by atoms with E-state index in [2.05, 4.69) is 62.5 Å². The second-order valence-electron chi connectivity index (χ2n) is 9.19. The molecule has 0 unspecified atom stereocenters. The van der Waals surface area contributed by atoms with E-state index in [0.717, 1.165) is 32.1 Å². The van der Waals surface area contributed by atoms with Gasteiger partial charge >= 0.3 is 11.9 Å². The Balaban J connectivity index is 0. The lowest BCUT2D eigenvalue weighted by Crippen LogP contribution is -1.99. The molecule has 0 heterocycles. The number of carbonyl (C=O) groups excluding carboxylic acids is 1. The number of ether oxygens (including phenoxy) is 1. The minimum atomic E-state index is -0.668. The van der Waals surface area contributed by atoms with E-state index in [9.17, 15) is 9.59 Å². The van der Waals surface area contributed by atoms with Crippen LogP contribution in [0.25, 0.3) is 0 Å². The molecule has 0 saturated heterocycles. The van der Waals surface area contributed by atoms with Crippen molar-refractivity contribution in [2.45, 2.75) is 136 Å². The van der Waals surface area contributed by atoms with Crippen molar-refractivity contribution in [2.24, 2.45) is 0 Å². The summed E-state index contributed by atoms with van der Waals surface area (Å²) in [7, 11) is 0. The summed E-state index contributed by atoms with van der Waals surface area (Å²) in [5, 5.41) is 8.48. The second-order valence-corrected chi connectivity index (χ2v) is 9.19. The third-order valence-corrected chi connectivity index (χ3v) is 5.57. The molecule has 0 aliphatic heterocycles. The number of carboxylic acids is 1. The molecule has 0 aliphatic carbocycles. The van der Waals surface area contributed by atoms with Crippen LogP contribution in [0.2, 0.25) is 0 Å². The van der Waals surface area contributed by atoms with E-state index in [1.807, 2.05) is 0 Å². The number of hydrogen-bond acceptors (Lipinski definition) is 3. The molecule has 0 aromatic carbocycles. The van der Waals surface area contributed by atoms with Crippen molar-refractivity contribution in [3.8, 4) is 0 Å². The summed E-state index contributed by atoms with van der Waals surface area (Å²) < 4.78 is 4.88. The van der Waals surface area contributed by atoms with Crippen LogP contribution in [0.1, 0.15) is 136 Å². The van der Waals surface area contributed by atoms with Gasteiger partial charge < -0.3 is 9.84 Å². The van der Waals surface area contributed by atoms with Crippen LogP contribution in [0, 0.1) is 0 Å². The number of esters is 1. The summed E-state index contributed by atoms with van der Waals surface area (Å²) in [5.74, 6) is -0.835. The Morgan fingerprint density at radius 3 is 1.39 bits per heavy atom. The van der Waals surface area contributed by atoms with Gasteiger partial charge in [-0.05, 0) is 51.4 Å². The molecule has 0 saturated carbocycles. The summed E-state index contributed by atoms with van der Waals surface area (Å²) >= 11 is 0. The highest BCUT2D eigenvalue weighted by molar-refractivity contribution is 5.66. The maximum absolute atomic E-state index is 10.5. The lowest BCUT2D eigenvalue weighted by Gasteiger charge is -2.01. The molecule has 0 fully saturated rings. The summed E-state index contributed by atoms with van der Waals surface area (Å²) in [5.41, 5.74) is 0. The number of rotatable bonds is 23. The van der Waals surface area contributed by atoms with E-state index in [-0.39, 0.29) is 5.97 Å². The van der Waals surface area contributed by atoms with Crippen LogP contribution < -0.4 is 0 Å². The zero-order valence-corrected chi connectivity index (χ0v) is 23.7. The van der Waals surface area contributed by atoms with Gasteiger partial charge in [0.05, 0.1) is 6.61 Å². The van der Waals surface area contributed by atoms with Crippen molar-refractivity contribution >= 4 is 11.9 Å². The van der Waals surface area contributed by atoms with Crippen molar-refractivity contribution in [3.63, 3.8) is 0 Å². The molecule has 208 valence electrons. The van der Waals surface area contributed by atoms with Gasteiger partial charge in [-0.3, -0.25) is 9.59 Å². The highest BCUT2D eigenvalue weighted by Gasteiger charge is 1.96. The Hall–Kier alpha value is -2.10. The first-order valence-electron chi connectivity index (χ1n) is 14.5. The Morgan fingerprint density at radius 1 is 0.583 bits per heavy atom. The van der Waals surface area contributed by atoms with Gasteiger partial charge in [0.15, 0.2) is 0 Å². The molecule has 4 heteroatoms. The topological polar surface area (TPSA) is 63.6 Å². The van der Waals surface area contributed by atoms with Gasteiger partial charge in [-0.15, -0.1) is 0 Å². The van der Waals surface area contributed by atoms with Gasteiger partial charge in [0.2, 0.25) is 0 Å². The van der Waals surface area contributed by atoms with Gasteiger partial charge in [-0.25, -0.2) is 0 Å². The first-order chi connectivity index (χ1) is 17.5. The highest BCUT2D eigenvalue weighted by Crippen LogP contribution is 2.10. The quantitative estimate of drug-likeness (QED) is 0.0854. The fourth-order valence-corrected chi connectivity index (χ4v) is 3.49. The van der Waals surface area contributed by atoms with E-state index in [0.29, 0.717) is 13.0 Å². The van der Waals surface area contributed by atoms with Gasteiger partial charge in [0.1, 0.15) is 0 Å². The van der Waals surface area contributed by atoms with Crippen molar-refractivity contribution < 1.29 is 19.4 Å². The molecule has 0 atom stereocenters. The lowest BCUT2D eigenvalue weighted by molar-refractivity contribution is -0.141. The van der Waals surface area contributed by atoms with Crippen LogP contribution in [-0.2, 0) is 14.3 Å². The molecular formula is C32H56O4. The lowest BCUT2D eigenvalue weighted by atomic mass is 10.1. The van der Waals surface area contributed by atoms with Crippen molar-refractivity contribution in [1.29, 1.82) is 0 Å². The number of aliphatic carboxylic acids is 1. The number of allylic oxidation sites excluding steroid dienone is 8. The van der Waals surface area contributed by atoms with Crippen molar-refractivity contribution in [3.05, 3.63) is 48.6 Å². The SMILES string of the molecule is CC/C=C/C=C/CCCCCCCCCC(=O)O.CCC=CC=CCCCCCCCCOC(C)=O. The maximum Gasteiger partial charge on any atom is 0.303 e. The van der Waals surface area contributed by atoms with Gasteiger partial charge in [0, 0.05) is 13.3 Å². The number of hydrogen-bond donors (Lipinski definition) is 1. The smallest absolute Gasteiger partial charge is 0.303 e. The van der Waals surface area contributed by atoms with E-state index in [1.165, 1.54) is 84.0 Å². The van der Waals surface area contributed by atoms with Crippen LogP contribution >= 0.6 is 0 Å². The van der Waals surface area contributed by atoms with Crippen LogP contribution in [0.15, 0.2) is 48.6 Å². The monoisotopic (exact) mass is 504 g/mol. The van der Waals surface area contributed by atoms with E-state index < -0.39 is 5.97 Å². The number of carbonyl (C=O) groups is 2. The van der Waals surface area contributed by atoms with Crippen molar-refractivity contribution in [2.75, 3.05) is 6.61 Å². The first-order valence-corrected chi connectivity index (χ1v) is 14.5. The standard InChI is InChI=1S/2C16H28O2/c1-3-4-5-6-7-8-9-10-11-12-13-14-15-18-16(2)17;1-2-3-4-5-6-7-8-9-10-11-12-13-14-15-16(17)18/h4-7H,3,8-15H2,1-2H3;3-6H,2,7-15H2,1H3,(H,17,18)/b;4-3+,6-5+. The van der Waals surface area contributed by atoms with E-state index in [4.69, 9.17) is 9.84 Å². The summed E-state index contributed by atoms with van der Waals surface area (Å²) in [6.45, 7) is 6.33. The molecule has 0 amide bonds. The Bertz CT molecular complexity index is 535. The van der Waals surface area contributed by atoms with Crippen LogP contribution in [-0.4, -0.2) is 23.7 Å². The Labute approximate surface area is 223 Å². The third-order valence-electron chi connectivity index (χ3n) is 5.57. The molecule has 0 aliphatic rings. The molecule has 4 nitrogen and oxygen atoms in total. The first kappa shape index (κ1) is 36.1. The number of carboxylic acid groups (broad SMARTS) is 1. The average molecular weight is 505 g/mol. The average Bonchev–Trinajstić information content (AvgIpc) is 2.85. The third kappa shape index (κ3) is 39.1. The fourth-order valence-electron chi connectivity index (χ4n) is 3.49. The maximum atomic E-state index is 10.5. The van der Waals surface area contributed by atoms with Crippen molar-refractivity contribution in [1.82, 2.24) is 0 Å². The number of unbranched alkanes of at least 4 members (excludes halogenated alkanes) is 13. The normalized spacial score (nSPS) is 11.5. The largest absolute Gasteiger partial charge is 0.481 e. The van der Waals surface area contributed by atoms with Crippen LogP contribution in [0.3, 0.4) is 0 Å². The van der Waals surface area contributed by atoms with Crippen LogP contribution in [0.4, 0.5) is 0 Å². The van der Waals surface area contributed by atoms with E-state index >= 15 is 0 Å². The minimum absolute atomic E-state index is 0.168. The summed E-state index contributed by atoms with van der Waals surface area (Å²) in [6, 6.07) is 0. The van der Waals surface area contributed by atoms with Gasteiger partial charge in [0.25, 0.3) is 0 Å². The van der Waals surface area contributed by atoms with Gasteiger partial charge in [-0.1, -0.05) is 120 Å². The predicted molar refractivity (Wildman–Crippen MR) is 155 cm³/mol. The molecular weight excluding hydrogens is 448 g/mol. The summed E-state index contributed by atoms with van der Waals surface area (Å²) in [4.78, 5) is 20.8. The molecule has 0 aromatic heterocycles. The fraction of sp³-hybridized carbons (Fsp3) is 0.688. The van der Waals surface area contributed by atoms with Crippen LogP contribution in [0.5, 0.6) is 0 Å².